The maximum Gasteiger partial charge on any atom is 0.161 e. The van der Waals surface area contributed by atoms with E-state index in [4.69, 9.17) is 15.2 Å². The lowest BCUT2D eigenvalue weighted by Crippen LogP contribution is -2.43. The van der Waals surface area contributed by atoms with Gasteiger partial charge in [0.1, 0.15) is 0 Å². The minimum atomic E-state index is 0.0296. The molecule has 2 N–H and O–H groups in total. The molecule has 1 aliphatic heterocycles. The summed E-state index contributed by atoms with van der Waals surface area (Å²) in [4.78, 5) is 2.48. The van der Waals surface area contributed by atoms with Gasteiger partial charge in [-0.1, -0.05) is 29.8 Å². The van der Waals surface area contributed by atoms with Crippen molar-refractivity contribution in [2.75, 3.05) is 20.8 Å². The summed E-state index contributed by atoms with van der Waals surface area (Å²) in [6.45, 7) is 6.11. The Morgan fingerprint density at radius 2 is 1.88 bits per heavy atom. The summed E-state index contributed by atoms with van der Waals surface area (Å²) >= 11 is 0. The van der Waals surface area contributed by atoms with Crippen molar-refractivity contribution < 1.29 is 9.47 Å². The maximum absolute atomic E-state index is 6.40. The van der Waals surface area contributed by atoms with E-state index in [9.17, 15) is 0 Å². The highest BCUT2D eigenvalue weighted by atomic mass is 16.5. The molecule has 0 spiro atoms. The van der Waals surface area contributed by atoms with E-state index in [1.54, 1.807) is 14.2 Å². The van der Waals surface area contributed by atoms with Crippen molar-refractivity contribution in [3.05, 3.63) is 58.7 Å². The maximum atomic E-state index is 6.40. The van der Waals surface area contributed by atoms with Crippen molar-refractivity contribution in [1.29, 1.82) is 0 Å². The Kier molecular flexibility index (Phi) is 5.30. The molecule has 0 saturated carbocycles. The molecule has 2 aromatic rings. The summed E-state index contributed by atoms with van der Waals surface area (Å²) < 4.78 is 11.0. The molecular formula is C21H28N2O2. The summed E-state index contributed by atoms with van der Waals surface area (Å²) in [6.07, 6.45) is 0.991. The van der Waals surface area contributed by atoms with E-state index in [1.165, 1.54) is 22.3 Å². The topological polar surface area (TPSA) is 47.7 Å². The molecule has 0 radical (unpaired) electrons. The SMILES string of the molecule is COc1cc2c(cc1OC)C(C(C)N)N(Cc1cccc(C)c1)CC2. The number of hydrogen-bond acceptors (Lipinski definition) is 4. The first-order chi connectivity index (χ1) is 12.0. The summed E-state index contributed by atoms with van der Waals surface area (Å²) in [7, 11) is 3.36. The van der Waals surface area contributed by atoms with Crippen molar-refractivity contribution in [1.82, 2.24) is 4.90 Å². The van der Waals surface area contributed by atoms with Crippen molar-refractivity contribution in [2.24, 2.45) is 5.73 Å². The van der Waals surface area contributed by atoms with Crippen LogP contribution in [0.3, 0.4) is 0 Å². The van der Waals surface area contributed by atoms with E-state index in [-0.39, 0.29) is 12.1 Å². The summed E-state index contributed by atoms with van der Waals surface area (Å²) in [5, 5.41) is 0. The van der Waals surface area contributed by atoms with Gasteiger partial charge in [-0.05, 0) is 49.1 Å². The molecular weight excluding hydrogens is 312 g/mol. The predicted molar refractivity (Wildman–Crippen MR) is 101 cm³/mol. The second-order valence-electron chi connectivity index (χ2n) is 6.92. The quantitative estimate of drug-likeness (QED) is 0.905. The molecule has 0 saturated heterocycles. The molecule has 134 valence electrons. The zero-order valence-corrected chi connectivity index (χ0v) is 15.6. The number of ether oxygens (including phenoxy) is 2. The Bertz CT molecular complexity index is 743. The molecule has 1 heterocycles. The van der Waals surface area contributed by atoms with E-state index >= 15 is 0 Å². The standard InChI is InChI=1S/C21H28N2O2/c1-14-6-5-7-16(10-14)13-23-9-8-17-11-19(24-3)20(25-4)12-18(17)21(23)15(2)22/h5-7,10-12,15,21H,8-9,13,22H2,1-4H3. The predicted octanol–water partition coefficient (Wildman–Crippen LogP) is 3.46. The monoisotopic (exact) mass is 340 g/mol. The number of benzene rings is 2. The summed E-state index contributed by atoms with van der Waals surface area (Å²) in [5.74, 6) is 1.56. The molecule has 4 nitrogen and oxygen atoms in total. The van der Waals surface area contributed by atoms with Gasteiger partial charge < -0.3 is 15.2 Å². The third kappa shape index (κ3) is 3.65. The zero-order chi connectivity index (χ0) is 18.0. The van der Waals surface area contributed by atoms with Gasteiger partial charge in [0.05, 0.1) is 20.3 Å². The van der Waals surface area contributed by atoms with Gasteiger partial charge in [-0.2, -0.15) is 0 Å². The van der Waals surface area contributed by atoms with Crippen LogP contribution in [0.15, 0.2) is 36.4 Å². The zero-order valence-electron chi connectivity index (χ0n) is 15.6. The van der Waals surface area contributed by atoms with Gasteiger partial charge in [-0.15, -0.1) is 0 Å². The third-order valence-corrected chi connectivity index (χ3v) is 4.99. The minimum Gasteiger partial charge on any atom is -0.493 e. The van der Waals surface area contributed by atoms with Crippen molar-refractivity contribution in [2.45, 2.75) is 38.9 Å². The largest absolute Gasteiger partial charge is 0.493 e. The van der Waals surface area contributed by atoms with E-state index in [0.717, 1.165) is 31.0 Å². The van der Waals surface area contributed by atoms with Crippen LogP contribution in [-0.4, -0.2) is 31.7 Å². The normalized spacial score (nSPS) is 18.5. The Balaban J connectivity index is 1.96. The Morgan fingerprint density at radius 3 is 2.52 bits per heavy atom. The van der Waals surface area contributed by atoms with Crippen LogP contribution in [0.1, 0.15) is 35.2 Å². The number of nitrogens with zero attached hydrogens (tertiary/aromatic N) is 1. The molecule has 0 bridgehead atoms. The van der Waals surface area contributed by atoms with Crippen molar-refractivity contribution in [3.8, 4) is 11.5 Å². The van der Waals surface area contributed by atoms with Gasteiger partial charge in [0.25, 0.3) is 0 Å². The van der Waals surface area contributed by atoms with Crippen LogP contribution in [0.5, 0.6) is 11.5 Å². The molecule has 2 aromatic carbocycles. The van der Waals surface area contributed by atoms with Crippen LogP contribution >= 0.6 is 0 Å². The fourth-order valence-electron chi connectivity index (χ4n) is 3.87. The molecule has 0 amide bonds. The fourth-order valence-corrected chi connectivity index (χ4v) is 3.87. The molecule has 3 rings (SSSR count). The van der Waals surface area contributed by atoms with Crippen LogP contribution in [0.25, 0.3) is 0 Å². The first kappa shape index (κ1) is 17.8. The lowest BCUT2D eigenvalue weighted by atomic mass is 9.88. The lowest BCUT2D eigenvalue weighted by molar-refractivity contribution is 0.155. The highest BCUT2D eigenvalue weighted by Gasteiger charge is 2.31. The van der Waals surface area contributed by atoms with Crippen LogP contribution in [0.2, 0.25) is 0 Å². The van der Waals surface area contributed by atoms with Gasteiger partial charge >= 0.3 is 0 Å². The number of fused-ring (bicyclic) bond motifs is 1. The highest BCUT2D eigenvalue weighted by molar-refractivity contribution is 5.50. The molecule has 25 heavy (non-hydrogen) atoms. The van der Waals surface area contributed by atoms with Gasteiger partial charge in [0.2, 0.25) is 0 Å². The van der Waals surface area contributed by atoms with Gasteiger partial charge in [-0.25, -0.2) is 0 Å². The first-order valence-electron chi connectivity index (χ1n) is 8.83. The number of rotatable bonds is 5. The Morgan fingerprint density at radius 1 is 1.16 bits per heavy atom. The smallest absolute Gasteiger partial charge is 0.161 e. The Hall–Kier alpha value is -2.04. The third-order valence-electron chi connectivity index (χ3n) is 4.99. The summed E-state index contributed by atoms with van der Waals surface area (Å²) in [5.41, 5.74) is 11.6. The molecule has 4 heteroatoms. The number of nitrogens with two attached hydrogens (primary N) is 1. The molecule has 0 aromatic heterocycles. The van der Waals surface area contributed by atoms with Gasteiger partial charge in [-0.3, -0.25) is 4.90 Å². The van der Waals surface area contributed by atoms with Gasteiger partial charge in [0, 0.05) is 19.1 Å². The second-order valence-corrected chi connectivity index (χ2v) is 6.92. The molecule has 0 aliphatic carbocycles. The summed E-state index contributed by atoms with van der Waals surface area (Å²) in [6, 6.07) is 13.1. The number of aryl methyl sites for hydroxylation is 1. The molecule has 0 fully saturated rings. The van der Waals surface area contributed by atoms with Gasteiger partial charge in [0.15, 0.2) is 11.5 Å². The Labute approximate surface area is 150 Å². The van der Waals surface area contributed by atoms with E-state index in [1.807, 2.05) is 0 Å². The van der Waals surface area contributed by atoms with Crippen LogP contribution in [-0.2, 0) is 13.0 Å². The van der Waals surface area contributed by atoms with Crippen molar-refractivity contribution >= 4 is 0 Å². The average molecular weight is 340 g/mol. The highest BCUT2D eigenvalue weighted by Crippen LogP contribution is 2.39. The number of hydrogen-bond donors (Lipinski definition) is 1. The van der Waals surface area contributed by atoms with E-state index in [2.05, 4.69) is 55.1 Å². The van der Waals surface area contributed by atoms with E-state index < -0.39 is 0 Å². The molecule has 2 atom stereocenters. The lowest BCUT2D eigenvalue weighted by Gasteiger charge is -2.40. The van der Waals surface area contributed by atoms with Crippen LogP contribution < -0.4 is 15.2 Å². The second kappa shape index (κ2) is 7.46. The fraction of sp³-hybridized carbons (Fsp3) is 0.429. The molecule has 1 aliphatic rings. The molecule has 2 unspecified atom stereocenters. The minimum absolute atomic E-state index is 0.0296. The number of methoxy groups -OCH3 is 2. The van der Waals surface area contributed by atoms with Crippen molar-refractivity contribution in [3.63, 3.8) is 0 Å². The first-order valence-corrected chi connectivity index (χ1v) is 8.83. The average Bonchev–Trinajstić information content (AvgIpc) is 2.60. The van der Waals surface area contributed by atoms with Crippen LogP contribution in [0.4, 0.5) is 0 Å². The van der Waals surface area contributed by atoms with E-state index in [0.29, 0.717) is 0 Å². The van der Waals surface area contributed by atoms with Crippen LogP contribution in [0, 0.1) is 6.92 Å².